The van der Waals surface area contributed by atoms with Crippen LogP contribution in [-0.2, 0) is 9.53 Å². The minimum Gasteiger partial charge on any atom is -0.462 e. The zero-order valence-electron chi connectivity index (χ0n) is 8.95. The molecule has 0 fully saturated rings. The molecule has 0 aromatic heterocycles. The molecule has 0 aliphatic heterocycles. The van der Waals surface area contributed by atoms with Crippen LogP contribution in [0.15, 0.2) is 18.2 Å². The van der Waals surface area contributed by atoms with E-state index in [1.54, 1.807) is 6.07 Å². The predicted octanol–water partition coefficient (Wildman–Crippen LogP) is 2.05. The molecule has 0 radical (unpaired) electrons. The van der Waals surface area contributed by atoms with Gasteiger partial charge in [-0.2, -0.15) is 0 Å². The van der Waals surface area contributed by atoms with Crippen LogP contribution < -0.4 is 0 Å². The molecule has 0 atom stereocenters. The molecule has 0 saturated heterocycles. The monoisotopic (exact) mass is 206 g/mol. The quantitative estimate of drug-likeness (QED) is 0.430. The van der Waals surface area contributed by atoms with Gasteiger partial charge in [-0.1, -0.05) is 17.7 Å². The maximum absolute atomic E-state index is 11.5. The first-order chi connectivity index (χ1) is 7.15. The van der Waals surface area contributed by atoms with Crippen LogP contribution in [0.25, 0.3) is 0 Å². The third kappa shape index (κ3) is 3.20. The first kappa shape index (κ1) is 11.4. The lowest BCUT2D eigenvalue weighted by atomic mass is 10.1. The van der Waals surface area contributed by atoms with Crippen LogP contribution in [0.1, 0.15) is 27.9 Å². The summed E-state index contributed by atoms with van der Waals surface area (Å²) in [6.07, 6.45) is 0.978. The normalized spacial score (nSPS) is 9.73. The average Bonchev–Trinajstić information content (AvgIpc) is 2.17. The second-order valence-electron chi connectivity index (χ2n) is 3.41. The summed E-state index contributed by atoms with van der Waals surface area (Å²) >= 11 is 0. The van der Waals surface area contributed by atoms with Gasteiger partial charge in [0.2, 0.25) is 0 Å². The van der Waals surface area contributed by atoms with Crippen molar-refractivity contribution in [2.24, 2.45) is 0 Å². The second kappa shape index (κ2) is 5.29. The molecule has 0 saturated carbocycles. The highest BCUT2D eigenvalue weighted by atomic mass is 16.5. The van der Waals surface area contributed by atoms with Crippen LogP contribution in [0.2, 0.25) is 0 Å². The average molecular weight is 206 g/mol. The van der Waals surface area contributed by atoms with Gasteiger partial charge >= 0.3 is 5.97 Å². The zero-order valence-corrected chi connectivity index (χ0v) is 8.95. The molecule has 15 heavy (non-hydrogen) atoms. The van der Waals surface area contributed by atoms with Crippen molar-refractivity contribution in [1.29, 1.82) is 0 Å². The number of aldehydes is 1. The fraction of sp³-hybridized carbons (Fsp3) is 0.333. The van der Waals surface area contributed by atoms with Crippen molar-refractivity contribution in [3.8, 4) is 0 Å². The molecule has 1 aromatic carbocycles. The van der Waals surface area contributed by atoms with E-state index in [0.717, 1.165) is 17.4 Å². The standard InChI is InChI=1S/C12H14O3/c1-9-4-5-11(10(2)8-9)12(14)15-7-3-6-13/h4-6,8H,3,7H2,1-2H3. The second-order valence-corrected chi connectivity index (χ2v) is 3.41. The van der Waals surface area contributed by atoms with Crippen molar-refractivity contribution < 1.29 is 14.3 Å². The number of carbonyl (C=O) groups excluding carboxylic acids is 2. The molecule has 0 unspecified atom stereocenters. The summed E-state index contributed by atoms with van der Waals surface area (Å²) in [5, 5.41) is 0. The van der Waals surface area contributed by atoms with E-state index in [4.69, 9.17) is 4.74 Å². The SMILES string of the molecule is Cc1ccc(C(=O)OCCC=O)c(C)c1. The molecular formula is C12H14O3. The Hall–Kier alpha value is -1.64. The molecule has 3 heteroatoms. The van der Waals surface area contributed by atoms with Crippen LogP contribution in [0.5, 0.6) is 0 Å². The van der Waals surface area contributed by atoms with Crippen molar-refractivity contribution in [3.05, 3.63) is 34.9 Å². The van der Waals surface area contributed by atoms with Gasteiger partial charge in [-0.3, -0.25) is 0 Å². The number of esters is 1. The van der Waals surface area contributed by atoms with E-state index in [-0.39, 0.29) is 19.0 Å². The van der Waals surface area contributed by atoms with Crippen LogP contribution in [-0.4, -0.2) is 18.9 Å². The molecule has 3 nitrogen and oxygen atoms in total. The van der Waals surface area contributed by atoms with E-state index < -0.39 is 0 Å². The van der Waals surface area contributed by atoms with E-state index in [1.807, 2.05) is 26.0 Å². The van der Waals surface area contributed by atoms with Crippen LogP contribution in [0, 0.1) is 13.8 Å². The minimum atomic E-state index is -0.366. The highest BCUT2D eigenvalue weighted by molar-refractivity contribution is 5.91. The van der Waals surface area contributed by atoms with Gasteiger partial charge in [-0.05, 0) is 25.5 Å². The molecule has 0 heterocycles. The topological polar surface area (TPSA) is 43.4 Å². The number of aryl methyl sites for hydroxylation is 2. The maximum atomic E-state index is 11.5. The predicted molar refractivity (Wildman–Crippen MR) is 56.9 cm³/mol. The number of rotatable bonds is 4. The third-order valence-corrected chi connectivity index (χ3v) is 2.07. The summed E-state index contributed by atoms with van der Waals surface area (Å²) in [5.74, 6) is -0.366. The van der Waals surface area contributed by atoms with Crippen LogP contribution >= 0.6 is 0 Å². The molecule has 0 amide bonds. The molecule has 0 spiro atoms. The lowest BCUT2D eigenvalue weighted by molar-refractivity contribution is -0.108. The number of ether oxygens (including phenoxy) is 1. The molecular weight excluding hydrogens is 192 g/mol. The Morgan fingerprint density at radius 2 is 2.13 bits per heavy atom. The van der Waals surface area contributed by atoms with Crippen LogP contribution in [0.4, 0.5) is 0 Å². The summed E-state index contributed by atoms with van der Waals surface area (Å²) in [5.41, 5.74) is 2.56. The number of hydrogen-bond acceptors (Lipinski definition) is 3. The van der Waals surface area contributed by atoms with E-state index in [2.05, 4.69) is 0 Å². The number of benzene rings is 1. The summed E-state index contributed by atoms with van der Waals surface area (Å²) in [6.45, 7) is 3.98. The van der Waals surface area contributed by atoms with Crippen molar-refractivity contribution in [2.75, 3.05) is 6.61 Å². The summed E-state index contributed by atoms with van der Waals surface area (Å²) in [4.78, 5) is 21.6. The molecule has 0 bridgehead atoms. The Morgan fingerprint density at radius 1 is 1.40 bits per heavy atom. The maximum Gasteiger partial charge on any atom is 0.338 e. The van der Waals surface area contributed by atoms with Crippen molar-refractivity contribution >= 4 is 12.3 Å². The lowest BCUT2D eigenvalue weighted by Gasteiger charge is -2.06. The Kier molecular flexibility index (Phi) is 4.03. The number of hydrogen-bond donors (Lipinski definition) is 0. The molecule has 0 aliphatic carbocycles. The first-order valence-electron chi connectivity index (χ1n) is 4.83. The largest absolute Gasteiger partial charge is 0.462 e. The van der Waals surface area contributed by atoms with Gasteiger partial charge in [0.1, 0.15) is 6.29 Å². The van der Waals surface area contributed by atoms with Crippen molar-refractivity contribution in [2.45, 2.75) is 20.3 Å². The smallest absolute Gasteiger partial charge is 0.338 e. The minimum absolute atomic E-state index is 0.148. The Labute approximate surface area is 89.1 Å². The zero-order chi connectivity index (χ0) is 11.3. The molecule has 80 valence electrons. The van der Waals surface area contributed by atoms with Gasteiger partial charge in [0, 0.05) is 6.42 Å². The van der Waals surface area contributed by atoms with Gasteiger partial charge in [-0.25, -0.2) is 4.79 Å². The fourth-order valence-corrected chi connectivity index (χ4v) is 1.32. The fourth-order valence-electron chi connectivity index (χ4n) is 1.32. The Balaban J connectivity index is 2.69. The van der Waals surface area contributed by atoms with Gasteiger partial charge in [0.05, 0.1) is 12.2 Å². The third-order valence-electron chi connectivity index (χ3n) is 2.07. The van der Waals surface area contributed by atoms with E-state index in [1.165, 1.54) is 0 Å². The highest BCUT2D eigenvalue weighted by Gasteiger charge is 2.09. The van der Waals surface area contributed by atoms with Gasteiger partial charge in [-0.15, -0.1) is 0 Å². The van der Waals surface area contributed by atoms with E-state index in [9.17, 15) is 9.59 Å². The summed E-state index contributed by atoms with van der Waals surface area (Å²) < 4.78 is 4.92. The van der Waals surface area contributed by atoms with Gasteiger partial charge in [0.15, 0.2) is 0 Å². The van der Waals surface area contributed by atoms with Gasteiger partial charge < -0.3 is 9.53 Å². The molecule has 0 aliphatic rings. The van der Waals surface area contributed by atoms with Crippen molar-refractivity contribution in [3.63, 3.8) is 0 Å². The van der Waals surface area contributed by atoms with Crippen molar-refractivity contribution in [1.82, 2.24) is 0 Å². The lowest BCUT2D eigenvalue weighted by Crippen LogP contribution is -2.08. The molecule has 1 aromatic rings. The highest BCUT2D eigenvalue weighted by Crippen LogP contribution is 2.11. The van der Waals surface area contributed by atoms with Gasteiger partial charge in [0.25, 0.3) is 0 Å². The first-order valence-corrected chi connectivity index (χ1v) is 4.83. The molecule has 1 rings (SSSR count). The van der Waals surface area contributed by atoms with E-state index in [0.29, 0.717) is 5.56 Å². The summed E-state index contributed by atoms with van der Waals surface area (Å²) in [6, 6.07) is 5.54. The van der Waals surface area contributed by atoms with Crippen LogP contribution in [0.3, 0.4) is 0 Å². The molecule has 0 N–H and O–H groups in total. The number of carbonyl (C=O) groups is 2. The Morgan fingerprint density at radius 3 is 2.73 bits per heavy atom. The van der Waals surface area contributed by atoms with E-state index >= 15 is 0 Å². The summed E-state index contributed by atoms with van der Waals surface area (Å²) in [7, 11) is 0. The Bertz CT molecular complexity index is 369.